The van der Waals surface area contributed by atoms with Crippen LogP contribution in [0.4, 0.5) is 4.39 Å². The summed E-state index contributed by atoms with van der Waals surface area (Å²) in [6, 6.07) is 6.26. The molecule has 1 fully saturated rings. The van der Waals surface area contributed by atoms with Crippen LogP contribution in [0.5, 0.6) is 0 Å². The van der Waals surface area contributed by atoms with Crippen molar-refractivity contribution in [2.75, 3.05) is 20.1 Å². The second kappa shape index (κ2) is 7.99. The van der Waals surface area contributed by atoms with Gasteiger partial charge in [0, 0.05) is 33.4 Å². The van der Waals surface area contributed by atoms with Gasteiger partial charge in [-0.2, -0.15) is 5.10 Å². The summed E-state index contributed by atoms with van der Waals surface area (Å²) < 4.78 is 15.2. The highest BCUT2D eigenvalue weighted by Crippen LogP contribution is 2.23. The van der Waals surface area contributed by atoms with E-state index in [-0.39, 0.29) is 17.8 Å². The van der Waals surface area contributed by atoms with Gasteiger partial charge in [-0.3, -0.25) is 14.4 Å². The van der Waals surface area contributed by atoms with Crippen LogP contribution in [0.2, 0.25) is 0 Å². The molecular formula is C20H27FN4O. The lowest BCUT2D eigenvalue weighted by Gasteiger charge is -2.28. The monoisotopic (exact) mass is 358 g/mol. The number of hydrogen-bond donors (Lipinski definition) is 0. The Morgan fingerprint density at radius 1 is 1.42 bits per heavy atom. The molecule has 140 valence electrons. The number of halogens is 1. The van der Waals surface area contributed by atoms with Crippen molar-refractivity contribution < 1.29 is 9.18 Å². The van der Waals surface area contributed by atoms with E-state index in [9.17, 15) is 9.18 Å². The predicted molar refractivity (Wildman–Crippen MR) is 98.9 cm³/mol. The summed E-state index contributed by atoms with van der Waals surface area (Å²) in [5.41, 5.74) is 2.06. The van der Waals surface area contributed by atoms with Gasteiger partial charge < -0.3 is 4.90 Å². The summed E-state index contributed by atoms with van der Waals surface area (Å²) in [7, 11) is 3.71. The molecule has 6 heteroatoms. The molecule has 0 aliphatic carbocycles. The summed E-state index contributed by atoms with van der Waals surface area (Å²) in [6.07, 6.45) is 6.08. The van der Waals surface area contributed by atoms with Crippen molar-refractivity contribution in [2.45, 2.75) is 32.4 Å². The number of benzene rings is 1. The van der Waals surface area contributed by atoms with Gasteiger partial charge in [0.2, 0.25) is 5.91 Å². The number of nitrogens with zero attached hydrogens (tertiary/aromatic N) is 4. The zero-order chi connectivity index (χ0) is 18.7. The molecule has 0 bridgehead atoms. The first-order valence-corrected chi connectivity index (χ1v) is 9.13. The fraction of sp³-hybridized carbons (Fsp3) is 0.500. The van der Waals surface area contributed by atoms with E-state index in [1.165, 1.54) is 17.7 Å². The van der Waals surface area contributed by atoms with E-state index in [0.29, 0.717) is 12.5 Å². The van der Waals surface area contributed by atoms with Crippen LogP contribution in [0.25, 0.3) is 0 Å². The number of amides is 1. The topological polar surface area (TPSA) is 41.4 Å². The van der Waals surface area contributed by atoms with Crippen LogP contribution in [0.3, 0.4) is 0 Å². The van der Waals surface area contributed by atoms with Crippen molar-refractivity contribution >= 4 is 5.91 Å². The Labute approximate surface area is 154 Å². The van der Waals surface area contributed by atoms with E-state index < -0.39 is 0 Å². The molecule has 3 rings (SSSR count). The Morgan fingerprint density at radius 3 is 2.92 bits per heavy atom. The first kappa shape index (κ1) is 18.6. The Kier molecular flexibility index (Phi) is 5.71. The van der Waals surface area contributed by atoms with Crippen molar-refractivity contribution in [2.24, 2.45) is 13.0 Å². The quantitative estimate of drug-likeness (QED) is 0.797. The van der Waals surface area contributed by atoms with Crippen LogP contribution in [0.1, 0.15) is 24.5 Å². The highest BCUT2D eigenvalue weighted by molar-refractivity contribution is 5.81. The van der Waals surface area contributed by atoms with Crippen molar-refractivity contribution in [3.8, 4) is 0 Å². The minimum atomic E-state index is -0.269. The maximum atomic E-state index is 13.3. The first-order valence-electron chi connectivity index (χ1n) is 9.13. The van der Waals surface area contributed by atoms with Crippen molar-refractivity contribution in [1.29, 1.82) is 0 Å². The van der Waals surface area contributed by atoms with Crippen LogP contribution < -0.4 is 0 Å². The molecule has 1 aromatic heterocycles. The third kappa shape index (κ3) is 4.49. The van der Waals surface area contributed by atoms with E-state index in [2.05, 4.69) is 16.2 Å². The van der Waals surface area contributed by atoms with Gasteiger partial charge in [-0.1, -0.05) is 12.1 Å². The smallest absolute Gasteiger partial charge is 0.239 e. The van der Waals surface area contributed by atoms with Gasteiger partial charge in [-0.05, 0) is 55.5 Å². The number of carbonyl (C=O) groups excluding carboxylic acids is 1. The second-order valence-electron chi connectivity index (χ2n) is 7.38. The van der Waals surface area contributed by atoms with Gasteiger partial charge in [0.15, 0.2) is 0 Å². The number of rotatable bonds is 6. The lowest BCUT2D eigenvalue weighted by atomic mass is 10.0. The molecule has 2 atom stereocenters. The molecule has 1 aromatic carbocycles. The normalized spacial score (nSPS) is 18.8. The van der Waals surface area contributed by atoms with Crippen LogP contribution in [-0.2, 0) is 24.8 Å². The minimum absolute atomic E-state index is 0.0799. The molecule has 0 radical (unpaired) electrons. The van der Waals surface area contributed by atoms with Crippen molar-refractivity contribution in [1.82, 2.24) is 19.6 Å². The lowest BCUT2D eigenvalue weighted by Crippen LogP contribution is -2.44. The predicted octanol–water partition coefficient (Wildman–Crippen LogP) is 2.47. The molecule has 1 aliphatic heterocycles. The molecule has 1 amide bonds. The van der Waals surface area contributed by atoms with E-state index >= 15 is 0 Å². The van der Waals surface area contributed by atoms with Crippen LogP contribution in [-0.4, -0.2) is 51.7 Å². The third-order valence-corrected chi connectivity index (χ3v) is 5.19. The molecule has 2 aromatic rings. The summed E-state index contributed by atoms with van der Waals surface area (Å²) in [4.78, 5) is 16.7. The zero-order valence-electron chi connectivity index (χ0n) is 15.7. The number of likely N-dealkylation sites (tertiary alicyclic amines) is 1. The van der Waals surface area contributed by atoms with Gasteiger partial charge in [0.1, 0.15) is 5.82 Å². The van der Waals surface area contributed by atoms with Crippen molar-refractivity contribution in [3.63, 3.8) is 0 Å². The van der Waals surface area contributed by atoms with Gasteiger partial charge in [-0.25, -0.2) is 4.39 Å². The van der Waals surface area contributed by atoms with Gasteiger partial charge in [-0.15, -0.1) is 0 Å². The minimum Gasteiger partial charge on any atom is -0.340 e. The fourth-order valence-electron chi connectivity index (χ4n) is 3.75. The summed E-state index contributed by atoms with van der Waals surface area (Å²) >= 11 is 0. The molecule has 1 saturated heterocycles. The maximum absolute atomic E-state index is 13.3. The van der Waals surface area contributed by atoms with Gasteiger partial charge in [0.05, 0.1) is 12.2 Å². The Balaban J connectivity index is 1.53. The second-order valence-corrected chi connectivity index (χ2v) is 7.38. The Morgan fingerprint density at radius 2 is 2.23 bits per heavy atom. The summed E-state index contributed by atoms with van der Waals surface area (Å²) in [5, 5.41) is 4.23. The number of carbonyl (C=O) groups is 1. The number of hydrogen-bond acceptors (Lipinski definition) is 3. The molecule has 1 aliphatic rings. The van der Waals surface area contributed by atoms with Crippen LogP contribution in [0.15, 0.2) is 36.7 Å². The molecule has 0 N–H and O–H groups in total. The van der Waals surface area contributed by atoms with E-state index in [1.54, 1.807) is 18.0 Å². The third-order valence-electron chi connectivity index (χ3n) is 5.19. The number of aromatic nitrogens is 2. The standard InChI is InChI=1S/C20H27FN4O/c1-15(20(26)23(2)12-16-5-4-6-19(21)10-16)25-8-7-17(14-25)9-18-11-22-24(3)13-18/h4-6,10-11,13,15,17H,7-9,12,14H2,1-3H3. The van der Waals surface area contributed by atoms with Crippen molar-refractivity contribution in [3.05, 3.63) is 53.6 Å². The van der Waals surface area contributed by atoms with Gasteiger partial charge >= 0.3 is 0 Å². The summed E-state index contributed by atoms with van der Waals surface area (Å²) in [6.45, 7) is 4.26. The average Bonchev–Trinajstić information content (AvgIpc) is 3.23. The number of aryl methyl sites for hydroxylation is 1. The Hall–Kier alpha value is -2.21. The molecule has 2 heterocycles. The van der Waals surface area contributed by atoms with Gasteiger partial charge in [0.25, 0.3) is 0 Å². The van der Waals surface area contributed by atoms with Crippen LogP contribution >= 0.6 is 0 Å². The van der Waals surface area contributed by atoms with E-state index in [0.717, 1.165) is 31.5 Å². The van der Waals surface area contributed by atoms with E-state index in [4.69, 9.17) is 0 Å². The zero-order valence-corrected chi connectivity index (χ0v) is 15.7. The molecule has 26 heavy (non-hydrogen) atoms. The molecule has 0 spiro atoms. The largest absolute Gasteiger partial charge is 0.340 e. The molecule has 5 nitrogen and oxygen atoms in total. The van der Waals surface area contributed by atoms with E-state index in [1.807, 2.05) is 30.9 Å². The molecule has 0 saturated carbocycles. The Bertz CT molecular complexity index is 760. The average molecular weight is 358 g/mol. The molecule has 2 unspecified atom stereocenters. The lowest BCUT2D eigenvalue weighted by molar-refractivity contribution is -0.135. The SMILES string of the molecule is CC(C(=O)N(C)Cc1cccc(F)c1)N1CCC(Cc2cnn(C)c2)C1. The fourth-order valence-corrected chi connectivity index (χ4v) is 3.75. The molecular weight excluding hydrogens is 331 g/mol. The van der Waals surface area contributed by atoms with Crippen LogP contribution in [0, 0.1) is 11.7 Å². The first-order chi connectivity index (χ1) is 12.4. The number of likely N-dealkylation sites (N-methyl/N-ethyl adjacent to an activating group) is 1. The maximum Gasteiger partial charge on any atom is 0.239 e. The highest BCUT2D eigenvalue weighted by atomic mass is 19.1. The highest BCUT2D eigenvalue weighted by Gasteiger charge is 2.31. The summed E-state index contributed by atoms with van der Waals surface area (Å²) in [5.74, 6) is 0.369.